The van der Waals surface area contributed by atoms with Gasteiger partial charge in [0.1, 0.15) is 0 Å². The van der Waals surface area contributed by atoms with E-state index in [9.17, 15) is 0 Å². The fourth-order valence-electron chi connectivity index (χ4n) is 3.65. The highest BCUT2D eigenvalue weighted by Gasteiger charge is 1.96. The van der Waals surface area contributed by atoms with E-state index in [0.717, 1.165) is 24.1 Å². The van der Waals surface area contributed by atoms with Crippen molar-refractivity contribution in [2.75, 3.05) is 83.7 Å². The maximum atomic E-state index is 5.65. The van der Waals surface area contributed by atoms with Crippen LogP contribution >= 0.6 is 22.6 Å². The van der Waals surface area contributed by atoms with Gasteiger partial charge in [0.05, 0.1) is 72.7 Å². The van der Waals surface area contributed by atoms with Gasteiger partial charge in [0.15, 0.2) is 0 Å². The number of hydrogen-bond acceptors (Lipinski definition) is 6. The van der Waals surface area contributed by atoms with E-state index in [4.69, 9.17) is 28.4 Å². The molecule has 6 nitrogen and oxygen atoms in total. The van der Waals surface area contributed by atoms with Gasteiger partial charge in [0, 0.05) is 11.0 Å². The second-order valence-electron chi connectivity index (χ2n) is 8.96. The molecule has 0 aliphatic carbocycles. The van der Waals surface area contributed by atoms with Gasteiger partial charge in [-0.2, -0.15) is 0 Å². The maximum Gasteiger partial charge on any atom is 0.0701 e. The normalized spacial score (nSPS) is 11.5. The molecule has 0 saturated heterocycles. The Labute approximate surface area is 231 Å². The van der Waals surface area contributed by atoms with E-state index in [2.05, 4.69) is 29.5 Å². The predicted octanol–water partition coefficient (Wildman–Crippen LogP) is 7.00. The van der Waals surface area contributed by atoms with Crippen molar-refractivity contribution in [3.63, 3.8) is 0 Å². The molecular formula is C28H57IO6. The highest BCUT2D eigenvalue weighted by Crippen LogP contribution is 2.12. The molecule has 0 rings (SSSR count). The van der Waals surface area contributed by atoms with E-state index in [1.807, 2.05) is 0 Å². The Bertz CT molecular complexity index is 330. The van der Waals surface area contributed by atoms with Crippen molar-refractivity contribution in [3.8, 4) is 0 Å². The first-order valence-corrected chi connectivity index (χ1v) is 16.0. The van der Waals surface area contributed by atoms with Crippen molar-refractivity contribution in [2.24, 2.45) is 0 Å². The van der Waals surface area contributed by atoms with Crippen molar-refractivity contribution < 1.29 is 28.4 Å². The average molecular weight is 617 g/mol. The molecule has 0 amide bonds. The first-order chi connectivity index (χ1) is 17.4. The van der Waals surface area contributed by atoms with Crippen molar-refractivity contribution in [2.45, 2.75) is 96.8 Å². The lowest BCUT2D eigenvalue weighted by Crippen LogP contribution is -2.14. The zero-order valence-electron chi connectivity index (χ0n) is 22.9. The topological polar surface area (TPSA) is 55.4 Å². The molecule has 0 aliphatic rings. The van der Waals surface area contributed by atoms with Crippen molar-refractivity contribution in [1.29, 1.82) is 0 Å². The molecule has 0 spiro atoms. The summed E-state index contributed by atoms with van der Waals surface area (Å²) in [6, 6.07) is 0. The molecule has 7 heteroatoms. The molecule has 0 fully saturated rings. The van der Waals surface area contributed by atoms with Gasteiger partial charge in [0.25, 0.3) is 0 Å². The molecule has 0 bridgehead atoms. The van der Waals surface area contributed by atoms with Crippen LogP contribution in [-0.4, -0.2) is 83.7 Å². The number of ether oxygens (including phenoxy) is 6. The first kappa shape index (κ1) is 35.5. The fraction of sp³-hybridized carbons (Fsp3) is 1.00. The van der Waals surface area contributed by atoms with Gasteiger partial charge in [-0.1, -0.05) is 113 Å². The molecule has 212 valence electrons. The Balaban J connectivity index is 3.00. The third-order valence-corrected chi connectivity index (χ3v) is 6.16. The second-order valence-corrected chi connectivity index (χ2v) is 10.0. The maximum absolute atomic E-state index is 5.65. The summed E-state index contributed by atoms with van der Waals surface area (Å²) in [5.41, 5.74) is 0. The van der Waals surface area contributed by atoms with Crippen molar-refractivity contribution >= 4 is 22.6 Å². The lowest BCUT2D eigenvalue weighted by atomic mass is 10.0. The van der Waals surface area contributed by atoms with E-state index >= 15 is 0 Å². The largest absolute Gasteiger partial charge is 0.379 e. The minimum Gasteiger partial charge on any atom is -0.379 e. The zero-order chi connectivity index (χ0) is 25.3. The summed E-state index contributed by atoms with van der Waals surface area (Å²) in [7, 11) is 0. The minimum absolute atomic E-state index is 0.580. The van der Waals surface area contributed by atoms with Crippen LogP contribution in [0.4, 0.5) is 0 Å². The van der Waals surface area contributed by atoms with Crippen molar-refractivity contribution in [1.82, 2.24) is 0 Å². The molecule has 35 heavy (non-hydrogen) atoms. The van der Waals surface area contributed by atoms with Crippen LogP contribution in [0, 0.1) is 0 Å². The molecule has 0 aliphatic heterocycles. The highest BCUT2D eigenvalue weighted by molar-refractivity contribution is 14.1. The molecule has 0 heterocycles. The van der Waals surface area contributed by atoms with Crippen LogP contribution in [0.3, 0.4) is 0 Å². The quantitative estimate of drug-likeness (QED) is 0.0461. The smallest absolute Gasteiger partial charge is 0.0701 e. The number of unbranched alkanes of at least 4 members (excludes halogenated alkanes) is 13. The SMILES string of the molecule is CCCCCCCCCCCCCCCCOCCOCCOCCOCCOCCOCCI. The van der Waals surface area contributed by atoms with Gasteiger partial charge in [-0.15, -0.1) is 0 Å². The molecular weight excluding hydrogens is 559 g/mol. The predicted molar refractivity (Wildman–Crippen MR) is 154 cm³/mol. The number of rotatable bonds is 32. The number of alkyl halides is 1. The number of hydrogen-bond donors (Lipinski definition) is 0. The summed E-state index contributed by atoms with van der Waals surface area (Å²) in [4.78, 5) is 0. The van der Waals surface area contributed by atoms with Crippen LogP contribution in [0.1, 0.15) is 96.8 Å². The van der Waals surface area contributed by atoms with Crippen molar-refractivity contribution in [3.05, 3.63) is 0 Å². The van der Waals surface area contributed by atoms with Gasteiger partial charge in [-0.3, -0.25) is 0 Å². The summed E-state index contributed by atoms with van der Waals surface area (Å²) in [6.07, 6.45) is 19.4. The van der Waals surface area contributed by atoms with Crippen LogP contribution in [-0.2, 0) is 28.4 Å². The highest BCUT2D eigenvalue weighted by atomic mass is 127. The lowest BCUT2D eigenvalue weighted by Gasteiger charge is -2.08. The van der Waals surface area contributed by atoms with E-state index in [0.29, 0.717) is 66.1 Å². The lowest BCUT2D eigenvalue weighted by molar-refractivity contribution is -0.0161. The summed E-state index contributed by atoms with van der Waals surface area (Å²) in [5, 5.41) is 0. The summed E-state index contributed by atoms with van der Waals surface area (Å²) >= 11 is 2.29. The second kappa shape index (κ2) is 34.5. The molecule has 0 unspecified atom stereocenters. The van der Waals surface area contributed by atoms with Crippen LogP contribution in [0.15, 0.2) is 0 Å². The van der Waals surface area contributed by atoms with Gasteiger partial charge in [0.2, 0.25) is 0 Å². The summed E-state index contributed by atoms with van der Waals surface area (Å²) in [6.45, 7) is 10.0. The third kappa shape index (κ3) is 34.5. The standard InChI is InChI=1S/C28H57IO6/c1-2-3-4-5-6-7-8-9-10-11-12-13-14-15-17-30-19-21-32-23-25-34-27-28-35-26-24-33-22-20-31-18-16-29/h2-28H2,1H3. The molecule has 0 aromatic carbocycles. The molecule has 0 aromatic rings. The van der Waals surface area contributed by atoms with Crippen LogP contribution in [0.25, 0.3) is 0 Å². The minimum atomic E-state index is 0.580. The molecule has 0 atom stereocenters. The average Bonchev–Trinajstić information content (AvgIpc) is 2.87. The molecule has 0 saturated carbocycles. The van der Waals surface area contributed by atoms with Gasteiger partial charge in [-0.25, -0.2) is 0 Å². The summed E-state index contributed by atoms with van der Waals surface area (Å²) < 4.78 is 33.9. The third-order valence-electron chi connectivity index (χ3n) is 5.72. The molecule has 0 radical (unpaired) electrons. The Hall–Kier alpha value is 0.490. The van der Waals surface area contributed by atoms with Gasteiger partial charge >= 0.3 is 0 Å². The van der Waals surface area contributed by atoms with Gasteiger partial charge < -0.3 is 28.4 Å². The molecule has 0 N–H and O–H groups in total. The Morgan fingerprint density at radius 2 is 0.571 bits per heavy atom. The van der Waals surface area contributed by atoms with E-state index < -0.39 is 0 Å². The van der Waals surface area contributed by atoms with E-state index in [-0.39, 0.29) is 0 Å². The molecule has 0 aromatic heterocycles. The monoisotopic (exact) mass is 616 g/mol. The van der Waals surface area contributed by atoms with E-state index in [1.54, 1.807) is 0 Å². The van der Waals surface area contributed by atoms with Crippen LogP contribution in [0.2, 0.25) is 0 Å². The Morgan fingerprint density at radius 1 is 0.314 bits per heavy atom. The zero-order valence-corrected chi connectivity index (χ0v) is 25.1. The number of halogens is 1. The fourth-order valence-corrected chi connectivity index (χ4v) is 3.97. The first-order valence-electron chi connectivity index (χ1n) is 14.4. The Kier molecular flexibility index (Phi) is 35.0. The summed E-state index contributed by atoms with van der Waals surface area (Å²) in [5.74, 6) is 0. The van der Waals surface area contributed by atoms with Gasteiger partial charge in [-0.05, 0) is 6.42 Å². The van der Waals surface area contributed by atoms with Crippen LogP contribution < -0.4 is 0 Å². The van der Waals surface area contributed by atoms with Crippen LogP contribution in [0.5, 0.6) is 0 Å². The Morgan fingerprint density at radius 3 is 0.886 bits per heavy atom. The van der Waals surface area contributed by atoms with E-state index in [1.165, 1.54) is 83.5 Å².